The van der Waals surface area contributed by atoms with Crippen LogP contribution in [0, 0.1) is 6.92 Å². The highest BCUT2D eigenvalue weighted by Gasteiger charge is 2.22. The molecule has 3 aromatic rings. The molecule has 4 rings (SSSR count). The van der Waals surface area contributed by atoms with Crippen molar-refractivity contribution in [2.45, 2.75) is 32.7 Å². The lowest BCUT2D eigenvalue weighted by atomic mass is 10.0. The third-order valence-corrected chi connectivity index (χ3v) is 5.67. The van der Waals surface area contributed by atoms with Crippen LogP contribution in [0.15, 0.2) is 54.7 Å². The van der Waals surface area contributed by atoms with Crippen molar-refractivity contribution in [3.05, 3.63) is 71.4 Å². The van der Waals surface area contributed by atoms with E-state index in [0.29, 0.717) is 26.3 Å². The predicted molar refractivity (Wildman–Crippen MR) is 113 cm³/mol. The smallest absolute Gasteiger partial charge is 0.256 e. The number of carbonyl (C=O) groups is 1. The van der Waals surface area contributed by atoms with Gasteiger partial charge in [-0.25, -0.2) is 0 Å². The van der Waals surface area contributed by atoms with E-state index in [4.69, 9.17) is 4.74 Å². The number of aryl methyl sites for hydroxylation is 3. The third-order valence-electron chi connectivity index (χ3n) is 5.67. The van der Waals surface area contributed by atoms with Crippen LogP contribution < -0.4 is 0 Å². The Morgan fingerprint density at radius 2 is 1.75 bits per heavy atom. The molecule has 1 amide bonds. The number of amides is 1. The number of hydrogen-bond donors (Lipinski definition) is 0. The highest BCUT2D eigenvalue weighted by atomic mass is 16.5. The fraction of sp³-hybridized carbons (Fsp3) is 0.375. The molecule has 2 aromatic carbocycles. The molecule has 1 saturated heterocycles. The van der Waals surface area contributed by atoms with Gasteiger partial charge in [0.25, 0.3) is 5.91 Å². The maximum Gasteiger partial charge on any atom is 0.256 e. The van der Waals surface area contributed by atoms with Crippen molar-refractivity contribution in [2.24, 2.45) is 0 Å². The molecule has 0 N–H and O–H groups in total. The Morgan fingerprint density at radius 3 is 2.57 bits per heavy atom. The van der Waals surface area contributed by atoms with Gasteiger partial charge in [0.2, 0.25) is 0 Å². The Balaban J connectivity index is 1.47. The summed E-state index contributed by atoms with van der Waals surface area (Å²) in [6, 6.07) is 16.9. The number of unbranched alkanes of at least 4 members (excludes halogenated alkanes) is 1. The molecule has 0 aliphatic carbocycles. The molecule has 2 heterocycles. The fourth-order valence-electron chi connectivity index (χ4n) is 4.03. The second-order valence-electron chi connectivity index (χ2n) is 7.54. The van der Waals surface area contributed by atoms with E-state index in [-0.39, 0.29) is 5.91 Å². The van der Waals surface area contributed by atoms with Gasteiger partial charge in [-0.3, -0.25) is 4.79 Å². The summed E-state index contributed by atoms with van der Waals surface area (Å²) in [4.78, 5) is 14.9. The van der Waals surface area contributed by atoms with Crippen molar-refractivity contribution < 1.29 is 9.53 Å². The van der Waals surface area contributed by atoms with E-state index in [1.165, 1.54) is 11.1 Å². The lowest BCUT2D eigenvalue weighted by Gasteiger charge is -2.26. The van der Waals surface area contributed by atoms with Gasteiger partial charge >= 0.3 is 0 Å². The van der Waals surface area contributed by atoms with Crippen molar-refractivity contribution >= 4 is 16.8 Å². The van der Waals surface area contributed by atoms with Gasteiger partial charge in [0.05, 0.1) is 18.8 Å². The number of rotatable bonds is 6. The standard InChI is InChI=1S/C24H28N2O2/c1-19-8-2-3-9-20(19)10-6-7-13-26-18-22(21-11-4-5-12-23(21)26)24(27)25-14-16-28-17-15-25/h2-5,8-9,11-12,18H,6-7,10,13-17H2,1H3. The summed E-state index contributed by atoms with van der Waals surface area (Å²) >= 11 is 0. The van der Waals surface area contributed by atoms with E-state index in [0.717, 1.165) is 42.3 Å². The van der Waals surface area contributed by atoms with E-state index in [9.17, 15) is 4.79 Å². The SMILES string of the molecule is Cc1ccccc1CCCCn1cc(C(=O)N2CCOCC2)c2ccccc21. The normalized spacial score (nSPS) is 14.5. The summed E-state index contributed by atoms with van der Waals surface area (Å²) in [5.41, 5.74) is 4.77. The maximum atomic E-state index is 13.0. The monoisotopic (exact) mass is 376 g/mol. The maximum absolute atomic E-state index is 13.0. The molecular weight excluding hydrogens is 348 g/mol. The average molecular weight is 377 g/mol. The molecule has 4 nitrogen and oxygen atoms in total. The van der Waals surface area contributed by atoms with Gasteiger partial charge in [0.15, 0.2) is 0 Å². The topological polar surface area (TPSA) is 34.5 Å². The lowest BCUT2D eigenvalue weighted by molar-refractivity contribution is 0.0304. The van der Waals surface area contributed by atoms with Crippen LogP contribution in [0.25, 0.3) is 10.9 Å². The number of benzene rings is 2. The lowest BCUT2D eigenvalue weighted by Crippen LogP contribution is -2.40. The number of ether oxygens (including phenoxy) is 1. The number of hydrogen-bond acceptors (Lipinski definition) is 2. The minimum absolute atomic E-state index is 0.123. The Kier molecular flexibility index (Phi) is 5.77. The Bertz CT molecular complexity index is 954. The van der Waals surface area contributed by atoms with Crippen molar-refractivity contribution in [3.63, 3.8) is 0 Å². The molecule has 0 bridgehead atoms. The summed E-state index contributed by atoms with van der Waals surface area (Å²) in [6.07, 6.45) is 5.39. The molecule has 0 radical (unpaired) electrons. The third kappa shape index (κ3) is 3.97. The van der Waals surface area contributed by atoms with Crippen molar-refractivity contribution in [2.75, 3.05) is 26.3 Å². The molecule has 0 saturated carbocycles. The van der Waals surface area contributed by atoms with Gasteiger partial charge in [-0.1, -0.05) is 42.5 Å². The molecular formula is C24H28N2O2. The Labute approximate surface area is 166 Å². The van der Waals surface area contributed by atoms with Crippen LogP contribution in [0.1, 0.15) is 34.3 Å². The van der Waals surface area contributed by atoms with Gasteiger partial charge in [0.1, 0.15) is 0 Å². The van der Waals surface area contributed by atoms with Crippen molar-refractivity contribution in [3.8, 4) is 0 Å². The summed E-state index contributed by atoms with van der Waals surface area (Å²) in [6.45, 7) is 5.72. The largest absolute Gasteiger partial charge is 0.378 e. The molecule has 1 fully saturated rings. The van der Waals surface area contributed by atoms with Crippen LogP contribution in [-0.4, -0.2) is 41.7 Å². The molecule has 28 heavy (non-hydrogen) atoms. The van der Waals surface area contributed by atoms with Crippen LogP contribution in [0.5, 0.6) is 0 Å². The zero-order valence-corrected chi connectivity index (χ0v) is 16.6. The van der Waals surface area contributed by atoms with Crippen molar-refractivity contribution in [1.29, 1.82) is 0 Å². The number of morpholine rings is 1. The first-order valence-corrected chi connectivity index (χ1v) is 10.2. The van der Waals surface area contributed by atoms with Gasteiger partial charge in [-0.15, -0.1) is 0 Å². The van der Waals surface area contributed by atoms with E-state index >= 15 is 0 Å². The molecule has 0 atom stereocenters. The fourth-order valence-corrected chi connectivity index (χ4v) is 4.03. The van der Waals surface area contributed by atoms with E-state index in [1.807, 2.05) is 11.0 Å². The molecule has 146 valence electrons. The highest BCUT2D eigenvalue weighted by molar-refractivity contribution is 6.07. The van der Waals surface area contributed by atoms with E-state index in [1.54, 1.807) is 0 Å². The molecule has 1 aliphatic heterocycles. The summed E-state index contributed by atoms with van der Waals surface area (Å²) in [7, 11) is 0. The summed E-state index contributed by atoms with van der Waals surface area (Å²) in [5.74, 6) is 0.123. The van der Waals surface area contributed by atoms with Gasteiger partial charge < -0.3 is 14.2 Å². The number of carbonyl (C=O) groups excluding carboxylic acids is 1. The zero-order valence-electron chi connectivity index (χ0n) is 16.6. The van der Waals surface area contributed by atoms with Crippen LogP contribution in [0.3, 0.4) is 0 Å². The van der Waals surface area contributed by atoms with Gasteiger partial charge in [0, 0.05) is 36.7 Å². The second-order valence-corrected chi connectivity index (χ2v) is 7.54. The minimum atomic E-state index is 0.123. The average Bonchev–Trinajstić information content (AvgIpc) is 3.11. The number of nitrogens with zero attached hydrogens (tertiary/aromatic N) is 2. The summed E-state index contributed by atoms with van der Waals surface area (Å²) in [5, 5.41) is 1.05. The van der Waals surface area contributed by atoms with Crippen LogP contribution >= 0.6 is 0 Å². The van der Waals surface area contributed by atoms with Crippen LogP contribution in [0.4, 0.5) is 0 Å². The second kappa shape index (κ2) is 8.61. The zero-order chi connectivity index (χ0) is 19.3. The number of fused-ring (bicyclic) bond motifs is 1. The first-order valence-electron chi connectivity index (χ1n) is 10.2. The molecule has 0 spiro atoms. The summed E-state index contributed by atoms with van der Waals surface area (Å²) < 4.78 is 7.64. The molecule has 4 heteroatoms. The predicted octanol–water partition coefficient (Wildman–Crippen LogP) is 4.45. The quantitative estimate of drug-likeness (QED) is 0.596. The van der Waals surface area contributed by atoms with Gasteiger partial charge in [-0.05, 0) is 43.4 Å². The number of aromatic nitrogens is 1. The van der Waals surface area contributed by atoms with Gasteiger partial charge in [-0.2, -0.15) is 0 Å². The van der Waals surface area contributed by atoms with Crippen molar-refractivity contribution in [1.82, 2.24) is 9.47 Å². The highest BCUT2D eigenvalue weighted by Crippen LogP contribution is 2.24. The molecule has 0 unspecified atom stereocenters. The molecule has 1 aromatic heterocycles. The minimum Gasteiger partial charge on any atom is -0.378 e. The Morgan fingerprint density at radius 1 is 1.00 bits per heavy atom. The first-order chi connectivity index (χ1) is 13.7. The number of para-hydroxylation sites is 1. The van der Waals surface area contributed by atoms with Crippen LogP contribution in [0.2, 0.25) is 0 Å². The Hall–Kier alpha value is -2.59. The van der Waals surface area contributed by atoms with Crippen LogP contribution in [-0.2, 0) is 17.7 Å². The molecule has 1 aliphatic rings. The first kappa shape index (κ1) is 18.8. The van der Waals surface area contributed by atoms with E-state index < -0.39 is 0 Å². The van der Waals surface area contributed by atoms with E-state index in [2.05, 4.69) is 60.2 Å².